The van der Waals surface area contributed by atoms with E-state index in [1.165, 1.54) is 6.20 Å². The number of aromatic carboxylic acids is 1. The lowest BCUT2D eigenvalue weighted by Gasteiger charge is -2.10. The van der Waals surface area contributed by atoms with Crippen LogP contribution in [-0.4, -0.2) is 21.0 Å². The summed E-state index contributed by atoms with van der Waals surface area (Å²) in [5.74, 6) is 0.0632. The molecule has 27 heavy (non-hydrogen) atoms. The van der Waals surface area contributed by atoms with Gasteiger partial charge in [-0.05, 0) is 43.7 Å². The fourth-order valence-corrected chi connectivity index (χ4v) is 2.69. The number of aromatic nitrogens is 2. The van der Waals surface area contributed by atoms with E-state index in [1.807, 2.05) is 37.3 Å². The molecule has 6 nitrogen and oxygen atoms in total. The van der Waals surface area contributed by atoms with E-state index >= 15 is 0 Å². The lowest BCUT2D eigenvalue weighted by molar-refractivity contribution is 0.0695. The topological polar surface area (TPSA) is 96.1 Å². The van der Waals surface area contributed by atoms with Gasteiger partial charge in [-0.25, -0.2) is 14.8 Å². The molecule has 0 aliphatic rings. The Bertz CT molecular complexity index is 1040. The molecule has 0 spiro atoms. The van der Waals surface area contributed by atoms with Crippen molar-refractivity contribution in [3.05, 3.63) is 76.6 Å². The third kappa shape index (κ3) is 3.93. The lowest BCUT2D eigenvalue weighted by Crippen LogP contribution is -2.04. The summed E-state index contributed by atoms with van der Waals surface area (Å²) >= 11 is 0. The average Bonchev–Trinajstić information content (AvgIpc) is 2.66. The van der Waals surface area contributed by atoms with Gasteiger partial charge >= 0.3 is 5.97 Å². The van der Waals surface area contributed by atoms with Crippen molar-refractivity contribution in [2.75, 3.05) is 0 Å². The highest BCUT2D eigenvalue weighted by Crippen LogP contribution is 2.22. The van der Waals surface area contributed by atoms with Crippen molar-refractivity contribution < 1.29 is 14.6 Å². The van der Waals surface area contributed by atoms with E-state index in [2.05, 4.69) is 16.0 Å². The smallest absolute Gasteiger partial charge is 0.339 e. The van der Waals surface area contributed by atoms with Crippen LogP contribution in [0, 0.1) is 25.2 Å². The van der Waals surface area contributed by atoms with Crippen LogP contribution >= 0.6 is 0 Å². The summed E-state index contributed by atoms with van der Waals surface area (Å²) < 4.78 is 5.79. The highest BCUT2D eigenvalue weighted by Gasteiger charge is 2.11. The van der Waals surface area contributed by atoms with E-state index < -0.39 is 5.97 Å². The molecule has 0 saturated carbocycles. The van der Waals surface area contributed by atoms with Crippen LogP contribution in [0.5, 0.6) is 5.75 Å². The number of carbonyl (C=O) groups is 1. The van der Waals surface area contributed by atoms with Crippen molar-refractivity contribution in [2.24, 2.45) is 0 Å². The molecule has 0 aliphatic heterocycles. The molecule has 0 saturated heterocycles. The van der Waals surface area contributed by atoms with Crippen LogP contribution in [-0.2, 0) is 6.61 Å². The van der Waals surface area contributed by atoms with Gasteiger partial charge < -0.3 is 9.84 Å². The minimum Gasteiger partial charge on any atom is -0.489 e. The van der Waals surface area contributed by atoms with Crippen LogP contribution in [0.2, 0.25) is 0 Å². The van der Waals surface area contributed by atoms with Gasteiger partial charge in [-0.1, -0.05) is 18.2 Å². The Morgan fingerprint density at radius 1 is 1.19 bits per heavy atom. The summed E-state index contributed by atoms with van der Waals surface area (Å²) in [5.41, 5.74) is 3.66. The van der Waals surface area contributed by atoms with Crippen LogP contribution in [0.3, 0.4) is 0 Å². The third-order valence-corrected chi connectivity index (χ3v) is 4.19. The van der Waals surface area contributed by atoms with Crippen LogP contribution in [0.25, 0.3) is 11.4 Å². The number of carboxylic acid groups (broad SMARTS) is 1. The maximum atomic E-state index is 11.1. The average molecular weight is 359 g/mol. The second kappa shape index (κ2) is 7.67. The monoisotopic (exact) mass is 359 g/mol. The highest BCUT2D eigenvalue weighted by atomic mass is 16.5. The largest absolute Gasteiger partial charge is 0.489 e. The zero-order valence-electron chi connectivity index (χ0n) is 14.9. The van der Waals surface area contributed by atoms with Crippen LogP contribution in [0.15, 0.2) is 48.7 Å². The summed E-state index contributed by atoms with van der Waals surface area (Å²) in [6, 6.07) is 15.1. The Kier molecular flexibility index (Phi) is 5.13. The van der Waals surface area contributed by atoms with E-state index in [0.29, 0.717) is 29.4 Å². The predicted octanol–water partition coefficient (Wildman–Crippen LogP) is 3.91. The first-order valence-electron chi connectivity index (χ1n) is 8.28. The predicted molar refractivity (Wildman–Crippen MR) is 99.4 cm³/mol. The molecule has 6 heteroatoms. The van der Waals surface area contributed by atoms with E-state index in [4.69, 9.17) is 9.84 Å². The molecule has 0 unspecified atom stereocenters. The second-order valence-electron chi connectivity index (χ2n) is 6.03. The zero-order valence-corrected chi connectivity index (χ0v) is 14.9. The van der Waals surface area contributed by atoms with Crippen molar-refractivity contribution in [1.82, 2.24) is 9.97 Å². The molecule has 0 aliphatic carbocycles. The molecule has 0 radical (unpaired) electrons. The van der Waals surface area contributed by atoms with Gasteiger partial charge in [0.25, 0.3) is 0 Å². The number of hydrogen-bond donors (Lipinski definition) is 1. The van der Waals surface area contributed by atoms with Gasteiger partial charge in [0.15, 0.2) is 5.82 Å². The molecular formula is C21H17N3O3. The van der Waals surface area contributed by atoms with E-state index in [9.17, 15) is 10.1 Å². The van der Waals surface area contributed by atoms with Crippen molar-refractivity contribution >= 4 is 5.97 Å². The number of carboxylic acids is 1. The zero-order chi connectivity index (χ0) is 19.4. The number of aryl methyl sites for hydroxylation is 2. The number of benzene rings is 2. The number of hydrogen-bond acceptors (Lipinski definition) is 5. The molecule has 1 N–H and O–H groups in total. The molecule has 1 aromatic heterocycles. The van der Waals surface area contributed by atoms with Crippen LogP contribution in [0.1, 0.15) is 32.7 Å². The standard InChI is InChI=1S/C21H17N3O3/c1-13-4-3-5-16(18(13)10-22)12-27-17-8-6-15(7-9-17)20-23-11-19(21(25)26)14(2)24-20/h3-9,11H,12H2,1-2H3,(H,25,26). The molecule has 3 aromatic rings. The van der Waals surface area contributed by atoms with E-state index in [-0.39, 0.29) is 5.56 Å². The Morgan fingerprint density at radius 3 is 2.56 bits per heavy atom. The summed E-state index contributed by atoms with van der Waals surface area (Å²) in [6.07, 6.45) is 1.31. The lowest BCUT2D eigenvalue weighted by atomic mass is 10.0. The molecule has 0 amide bonds. The van der Waals surface area contributed by atoms with Crippen LogP contribution < -0.4 is 4.74 Å². The van der Waals surface area contributed by atoms with E-state index in [0.717, 1.165) is 16.7 Å². The quantitative estimate of drug-likeness (QED) is 0.742. The van der Waals surface area contributed by atoms with E-state index in [1.54, 1.807) is 19.1 Å². The Labute approximate surface area is 156 Å². The SMILES string of the molecule is Cc1cccc(COc2ccc(-c3ncc(C(=O)O)c(C)n3)cc2)c1C#N. The fraction of sp³-hybridized carbons (Fsp3) is 0.143. The van der Waals surface area contributed by atoms with Gasteiger partial charge in [-0.2, -0.15) is 5.26 Å². The maximum Gasteiger partial charge on any atom is 0.339 e. The molecule has 0 bridgehead atoms. The molecule has 134 valence electrons. The highest BCUT2D eigenvalue weighted by molar-refractivity contribution is 5.88. The molecule has 0 atom stereocenters. The normalized spacial score (nSPS) is 10.3. The molecule has 2 aromatic carbocycles. The Balaban J connectivity index is 1.75. The molecule has 3 rings (SSSR count). The van der Waals surface area contributed by atoms with Gasteiger partial charge in [0.1, 0.15) is 12.4 Å². The van der Waals surface area contributed by atoms with Gasteiger partial charge in [0.05, 0.1) is 22.9 Å². The maximum absolute atomic E-state index is 11.1. The van der Waals surface area contributed by atoms with Crippen molar-refractivity contribution in [3.63, 3.8) is 0 Å². The number of ether oxygens (including phenoxy) is 1. The Morgan fingerprint density at radius 2 is 1.93 bits per heavy atom. The molecule has 0 fully saturated rings. The molecular weight excluding hydrogens is 342 g/mol. The van der Waals surface area contributed by atoms with Gasteiger partial charge in [-0.3, -0.25) is 0 Å². The van der Waals surface area contributed by atoms with Crippen molar-refractivity contribution in [2.45, 2.75) is 20.5 Å². The summed E-state index contributed by atoms with van der Waals surface area (Å²) in [4.78, 5) is 19.4. The Hall–Kier alpha value is -3.72. The number of nitriles is 1. The summed E-state index contributed by atoms with van der Waals surface area (Å²) in [6.45, 7) is 3.84. The van der Waals surface area contributed by atoms with Crippen LogP contribution in [0.4, 0.5) is 0 Å². The first-order chi connectivity index (χ1) is 13.0. The summed E-state index contributed by atoms with van der Waals surface area (Å²) in [7, 11) is 0. The second-order valence-corrected chi connectivity index (χ2v) is 6.03. The minimum absolute atomic E-state index is 0.0881. The van der Waals surface area contributed by atoms with Gasteiger partial charge in [0.2, 0.25) is 0 Å². The first-order valence-corrected chi connectivity index (χ1v) is 8.28. The van der Waals surface area contributed by atoms with Gasteiger partial charge in [-0.15, -0.1) is 0 Å². The minimum atomic E-state index is -1.05. The van der Waals surface area contributed by atoms with Crippen molar-refractivity contribution in [1.29, 1.82) is 5.26 Å². The van der Waals surface area contributed by atoms with Crippen molar-refractivity contribution in [3.8, 4) is 23.2 Å². The summed E-state index contributed by atoms with van der Waals surface area (Å²) in [5, 5.41) is 18.3. The fourth-order valence-electron chi connectivity index (χ4n) is 2.69. The van der Waals surface area contributed by atoms with Gasteiger partial charge in [0, 0.05) is 17.3 Å². The number of nitrogens with zero attached hydrogens (tertiary/aromatic N) is 3. The third-order valence-electron chi connectivity index (χ3n) is 4.19. The molecule has 1 heterocycles. The number of rotatable bonds is 5. The first kappa shape index (κ1) is 18.1.